The van der Waals surface area contributed by atoms with Crippen LogP contribution in [0.5, 0.6) is 5.95 Å². The van der Waals surface area contributed by atoms with E-state index < -0.39 is 0 Å². The van der Waals surface area contributed by atoms with Gasteiger partial charge in [0, 0.05) is 17.1 Å². The number of aromatic hydroxyl groups is 1. The highest BCUT2D eigenvalue weighted by molar-refractivity contribution is 7.13. The standard InChI is InChI=1S/C17H17N3O2S/c1-2-3-4-12-5-7-13(8-6-12)15-20-14(16(21)22-15)11-19-17-18-9-10-23-17/h5-11,21H,2-4H2,1H3/b19-11+. The molecule has 0 aliphatic carbocycles. The van der Waals surface area contributed by atoms with Gasteiger partial charge in [0.05, 0.1) is 6.21 Å². The van der Waals surface area contributed by atoms with Gasteiger partial charge in [0.15, 0.2) is 5.69 Å². The minimum absolute atomic E-state index is 0.240. The molecule has 2 aromatic heterocycles. The zero-order valence-electron chi connectivity index (χ0n) is 12.8. The smallest absolute Gasteiger partial charge is 0.312 e. The lowest BCUT2D eigenvalue weighted by Crippen LogP contribution is -1.86. The van der Waals surface area contributed by atoms with Crippen molar-refractivity contribution in [1.29, 1.82) is 0 Å². The van der Waals surface area contributed by atoms with Crippen LogP contribution in [0.4, 0.5) is 5.13 Å². The van der Waals surface area contributed by atoms with Gasteiger partial charge in [-0.05, 0) is 30.5 Å². The molecule has 0 radical (unpaired) electrons. The van der Waals surface area contributed by atoms with Crippen molar-refractivity contribution in [3.63, 3.8) is 0 Å². The first-order valence-electron chi connectivity index (χ1n) is 7.49. The Balaban J connectivity index is 1.77. The molecule has 0 bridgehead atoms. The van der Waals surface area contributed by atoms with Gasteiger partial charge < -0.3 is 9.52 Å². The highest BCUT2D eigenvalue weighted by Crippen LogP contribution is 2.26. The lowest BCUT2D eigenvalue weighted by molar-refractivity contribution is 0.337. The molecule has 5 nitrogen and oxygen atoms in total. The molecule has 0 unspecified atom stereocenters. The first-order valence-corrected chi connectivity index (χ1v) is 8.37. The second-order valence-electron chi connectivity index (χ2n) is 5.08. The molecule has 0 atom stereocenters. The molecular formula is C17H17N3O2S. The van der Waals surface area contributed by atoms with E-state index in [1.165, 1.54) is 36.0 Å². The van der Waals surface area contributed by atoms with Gasteiger partial charge in [0.1, 0.15) is 0 Å². The predicted molar refractivity (Wildman–Crippen MR) is 91.6 cm³/mol. The molecule has 0 saturated heterocycles. The Morgan fingerprint density at radius 2 is 2.13 bits per heavy atom. The summed E-state index contributed by atoms with van der Waals surface area (Å²) in [4.78, 5) is 12.5. The number of aromatic nitrogens is 2. The molecule has 2 heterocycles. The van der Waals surface area contributed by atoms with Crippen LogP contribution in [0.3, 0.4) is 0 Å². The maximum atomic E-state index is 9.85. The fourth-order valence-electron chi connectivity index (χ4n) is 2.12. The number of aryl methyl sites for hydroxylation is 1. The molecule has 1 aromatic carbocycles. The summed E-state index contributed by atoms with van der Waals surface area (Å²) in [7, 11) is 0. The highest BCUT2D eigenvalue weighted by atomic mass is 32.1. The van der Waals surface area contributed by atoms with Gasteiger partial charge in [-0.15, -0.1) is 11.3 Å². The van der Waals surface area contributed by atoms with E-state index in [4.69, 9.17) is 4.42 Å². The molecule has 0 aliphatic rings. The van der Waals surface area contributed by atoms with E-state index in [9.17, 15) is 5.11 Å². The summed E-state index contributed by atoms with van der Waals surface area (Å²) >= 11 is 1.41. The second kappa shape index (κ2) is 7.19. The van der Waals surface area contributed by atoms with Crippen LogP contribution in [0.25, 0.3) is 11.5 Å². The van der Waals surface area contributed by atoms with Crippen LogP contribution in [0, 0.1) is 0 Å². The number of aliphatic imine (C=N–C) groups is 1. The molecule has 23 heavy (non-hydrogen) atoms. The topological polar surface area (TPSA) is 71.5 Å². The van der Waals surface area contributed by atoms with E-state index in [0.717, 1.165) is 12.0 Å². The Labute approximate surface area is 138 Å². The van der Waals surface area contributed by atoms with Crippen LogP contribution in [0.15, 0.2) is 45.3 Å². The maximum Gasteiger partial charge on any atom is 0.312 e. The normalized spacial score (nSPS) is 11.3. The summed E-state index contributed by atoms with van der Waals surface area (Å²) in [5.41, 5.74) is 2.41. The quantitative estimate of drug-likeness (QED) is 0.672. The number of benzene rings is 1. The molecule has 118 valence electrons. The molecule has 1 N–H and O–H groups in total. The number of oxazole rings is 1. The molecule has 0 saturated carbocycles. The summed E-state index contributed by atoms with van der Waals surface area (Å²) in [5.74, 6) is 0.139. The SMILES string of the molecule is CCCCc1ccc(-c2nc(/C=N/c3nccs3)c(O)o2)cc1. The minimum atomic E-state index is -0.240. The first kappa shape index (κ1) is 15.4. The van der Waals surface area contributed by atoms with Crippen molar-refractivity contribution in [1.82, 2.24) is 9.97 Å². The maximum absolute atomic E-state index is 9.85. The van der Waals surface area contributed by atoms with Gasteiger partial charge in [-0.2, -0.15) is 0 Å². The largest absolute Gasteiger partial charge is 0.479 e. The fourth-order valence-corrected chi connectivity index (χ4v) is 2.60. The predicted octanol–water partition coefficient (Wildman–Crippen LogP) is 4.60. The van der Waals surface area contributed by atoms with Crippen LogP contribution in [0.2, 0.25) is 0 Å². The average molecular weight is 327 g/mol. The summed E-state index contributed by atoms with van der Waals surface area (Å²) in [6.45, 7) is 2.18. The van der Waals surface area contributed by atoms with Gasteiger partial charge in [-0.1, -0.05) is 25.5 Å². The number of unbranched alkanes of at least 4 members (excludes halogenated alkanes) is 1. The van der Waals surface area contributed by atoms with Crippen LogP contribution in [0.1, 0.15) is 31.0 Å². The van der Waals surface area contributed by atoms with E-state index in [2.05, 4.69) is 34.0 Å². The summed E-state index contributed by atoms with van der Waals surface area (Å²) in [5, 5.41) is 12.3. The van der Waals surface area contributed by atoms with Gasteiger partial charge >= 0.3 is 5.95 Å². The third-order valence-corrected chi connectivity index (χ3v) is 4.05. The third-order valence-electron chi connectivity index (χ3n) is 3.37. The molecule has 0 amide bonds. The van der Waals surface area contributed by atoms with Gasteiger partial charge in [0.2, 0.25) is 11.0 Å². The second-order valence-corrected chi connectivity index (χ2v) is 5.96. The van der Waals surface area contributed by atoms with Crippen LogP contribution in [-0.2, 0) is 6.42 Å². The minimum Gasteiger partial charge on any atom is -0.479 e. The van der Waals surface area contributed by atoms with Gasteiger partial charge in [-0.3, -0.25) is 0 Å². The van der Waals surface area contributed by atoms with Crippen molar-refractivity contribution in [3.05, 3.63) is 47.1 Å². The first-order chi connectivity index (χ1) is 11.3. The van der Waals surface area contributed by atoms with E-state index in [-0.39, 0.29) is 5.95 Å². The number of nitrogens with zero attached hydrogens (tertiary/aromatic N) is 3. The Morgan fingerprint density at radius 3 is 2.83 bits per heavy atom. The summed E-state index contributed by atoms with van der Waals surface area (Å²) in [6, 6.07) is 8.04. The van der Waals surface area contributed by atoms with Gasteiger partial charge in [0.25, 0.3) is 0 Å². The number of rotatable bonds is 6. The van der Waals surface area contributed by atoms with Crippen molar-refractivity contribution in [2.45, 2.75) is 26.2 Å². The van der Waals surface area contributed by atoms with Crippen molar-refractivity contribution >= 4 is 22.7 Å². The molecule has 6 heteroatoms. The van der Waals surface area contributed by atoms with E-state index in [1.807, 2.05) is 17.5 Å². The zero-order valence-corrected chi connectivity index (χ0v) is 13.6. The molecule has 0 fully saturated rings. The van der Waals surface area contributed by atoms with Crippen molar-refractivity contribution in [2.24, 2.45) is 4.99 Å². The Morgan fingerprint density at radius 1 is 1.30 bits per heavy atom. The lowest BCUT2D eigenvalue weighted by atomic mass is 10.1. The monoisotopic (exact) mass is 327 g/mol. The number of hydrogen-bond acceptors (Lipinski definition) is 6. The molecule has 3 rings (SSSR count). The van der Waals surface area contributed by atoms with Crippen LogP contribution in [-0.4, -0.2) is 21.3 Å². The Bertz CT molecular complexity index is 777. The molecule has 0 aliphatic heterocycles. The van der Waals surface area contributed by atoms with E-state index >= 15 is 0 Å². The molecule has 3 aromatic rings. The Hall–Kier alpha value is -2.47. The fraction of sp³-hybridized carbons (Fsp3) is 0.235. The number of hydrogen-bond donors (Lipinski definition) is 1. The van der Waals surface area contributed by atoms with Crippen molar-refractivity contribution in [3.8, 4) is 17.4 Å². The third kappa shape index (κ3) is 3.84. The zero-order chi connectivity index (χ0) is 16.1. The van der Waals surface area contributed by atoms with Crippen LogP contribution < -0.4 is 0 Å². The van der Waals surface area contributed by atoms with E-state index in [0.29, 0.717) is 16.7 Å². The molecular weight excluding hydrogens is 310 g/mol. The average Bonchev–Trinajstić information content (AvgIpc) is 3.21. The van der Waals surface area contributed by atoms with Crippen molar-refractivity contribution in [2.75, 3.05) is 0 Å². The summed E-state index contributed by atoms with van der Waals surface area (Å²) < 4.78 is 5.33. The Kier molecular flexibility index (Phi) is 4.83. The van der Waals surface area contributed by atoms with E-state index in [1.54, 1.807) is 6.20 Å². The molecule has 0 spiro atoms. The van der Waals surface area contributed by atoms with Gasteiger partial charge in [-0.25, -0.2) is 15.0 Å². The highest BCUT2D eigenvalue weighted by Gasteiger charge is 2.12. The lowest BCUT2D eigenvalue weighted by Gasteiger charge is -2.00. The van der Waals surface area contributed by atoms with Crippen molar-refractivity contribution < 1.29 is 9.52 Å². The number of thiazole rings is 1. The summed E-state index contributed by atoms with van der Waals surface area (Å²) in [6.07, 6.45) is 6.55. The van der Waals surface area contributed by atoms with Crippen LogP contribution >= 0.6 is 11.3 Å².